The molecule has 0 N–H and O–H groups in total. The summed E-state index contributed by atoms with van der Waals surface area (Å²) in [6.45, 7) is 9.02. The summed E-state index contributed by atoms with van der Waals surface area (Å²) in [5.74, 6) is 0. The summed E-state index contributed by atoms with van der Waals surface area (Å²) in [5.41, 5.74) is 15.4. The maximum atomic E-state index is 2.43. The quantitative estimate of drug-likeness (QED) is 0.107. The highest BCUT2D eigenvalue weighted by molar-refractivity contribution is 6.09. The molecule has 0 radical (unpaired) electrons. The molecule has 0 fully saturated rings. The highest BCUT2D eigenvalue weighted by Crippen LogP contribution is 2.41. The lowest BCUT2D eigenvalue weighted by Gasteiger charge is -2.27. The van der Waals surface area contributed by atoms with Gasteiger partial charge in [0, 0.05) is 34.1 Å². The Morgan fingerprint density at radius 2 is 0.625 bits per heavy atom. The fourth-order valence-corrected chi connectivity index (χ4v) is 9.88. The Kier molecular flexibility index (Phi) is 11.4. The molecule has 0 saturated heterocycles. The van der Waals surface area contributed by atoms with Gasteiger partial charge in [-0.2, -0.15) is 0 Å². The second-order valence-corrected chi connectivity index (χ2v) is 17.2. The van der Waals surface area contributed by atoms with E-state index < -0.39 is 0 Å². The van der Waals surface area contributed by atoms with Crippen LogP contribution in [-0.4, -0.2) is 0 Å². The Balaban J connectivity index is 0.920. The molecule has 0 aliphatic rings. The number of aryl methyl sites for hydroxylation is 6. The van der Waals surface area contributed by atoms with Crippen LogP contribution in [-0.2, 0) is 38.5 Å². The molecule has 0 aliphatic carbocycles. The summed E-state index contributed by atoms with van der Waals surface area (Å²) < 4.78 is 0. The average Bonchev–Trinajstić information content (AvgIpc) is 3.35. The van der Waals surface area contributed by atoms with Crippen LogP contribution < -0.4 is 9.80 Å². The van der Waals surface area contributed by atoms with Crippen molar-refractivity contribution in [3.8, 4) is 0 Å². The number of nitrogens with zero attached hydrogens (tertiary/aromatic N) is 2. The molecule has 0 saturated carbocycles. The van der Waals surface area contributed by atoms with Gasteiger partial charge in [-0.25, -0.2) is 0 Å². The fourth-order valence-electron chi connectivity index (χ4n) is 9.88. The first-order valence-corrected chi connectivity index (χ1v) is 23.4. The van der Waals surface area contributed by atoms with Gasteiger partial charge in [0.2, 0.25) is 0 Å². The lowest BCUT2D eigenvalue weighted by Crippen LogP contribution is -2.11. The second-order valence-electron chi connectivity index (χ2n) is 17.2. The highest BCUT2D eigenvalue weighted by atomic mass is 15.1. The molecule has 0 aromatic heterocycles. The van der Waals surface area contributed by atoms with Crippen LogP contribution in [0.1, 0.15) is 61.1 Å². The molecule has 0 bridgehead atoms. The van der Waals surface area contributed by atoms with Gasteiger partial charge in [-0.1, -0.05) is 149 Å². The van der Waals surface area contributed by atoms with E-state index in [1.165, 1.54) is 105 Å². The molecule has 10 aromatic rings. The van der Waals surface area contributed by atoms with E-state index in [-0.39, 0.29) is 0 Å². The second kappa shape index (κ2) is 17.9. The number of hydrogen-bond donors (Lipinski definition) is 0. The highest BCUT2D eigenvalue weighted by Gasteiger charge is 2.18. The first-order valence-electron chi connectivity index (χ1n) is 23.4. The van der Waals surface area contributed by atoms with E-state index in [4.69, 9.17) is 0 Å². The molecule has 0 spiro atoms. The summed E-state index contributed by atoms with van der Waals surface area (Å²) in [7, 11) is 0. The standard InChI is InChI=1S/C62H56N2/c1-5-45-24-30-56(38-47(45)7-3)63(58-32-26-49-13-9-11-15-51(49)40-58)55-28-19-43(20-29-55)17-18-44-21-35-61-53(37-44)22-23-54-42-60(34-36-62(54)61)64(57-31-25-46(6-2)48(8-4)39-57)59-33-27-50-14-10-12-16-52(50)41-59/h9-16,19-42H,5-8,17-18H2,1-4H3. The van der Waals surface area contributed by atoms with Crippen LogP contribution in [0.2, 0.25) is 0 Å². The largest absolute Gasteiger partial charge is 0.310 e. The normalized spacial score (nSPS) is 11.5. The summed E-state index contributed by atoms with van der Waals surface area (Å²) in [6, 6.07) is 72.8. The lowest BCUT2D eigenvalue weighted by molar-refractivity contribution is 0.962. The van der Waals surface area contributed by atoms with Crippen LogP contribution in [0.15, 0.2) is 194 Å². The van der Waals surface area contributed by atoms with Crippen molar-refractivity contribution < 1.29 is 0 Å². The minimum Gasteiger partial charge on any atom is -0.310 e. The van der Waals surface area contributed by atoms with Crippen molar-refractivity contribution in [3.05, 3.63) is 228 Å². The topological polar surface area (TPSA) is 6.48 Å². The van der Waals surface area contributed by atoms with Gasteiger partial charge in [0.15, 0.2) is 0 Å². The first-order chi connectivity index (χ1) is 31.5. The van der Waals surface area contributed by atoms with Crippen molar-refractivity contribution in [1.82, 2.24) is 0 Å². The molecule has 0 heterocycles. The van der Waals surface area contributed by atoms with E-state index in [1.807, 2.05) is 0 Å². The van der Waals surface area contributed by atoms with Gasteiger partial charge in [0.25, 0.3) is 0 Å². The van der Waals surface area contributed by atoms with E-state index in [0.717, 1.165) is 44.2 Å². The molecule has 10 rings (SSSR count). The van der Waals surface area contributed by atoms with Crippen LogP contribution in [0.4, 0.5) is 34.1 Å². The van der Waals surface area contributed by atoms with Crippen LogP contribution in [0.3, 0.4) is 0 Å². The van der Waals surface area contributed by atoms with Gasteiger partial charge in [-0.3, -0.25) is 0 Å². The predicted octanol–water partition coefficient (Wildman–Crippen LogP) is 17.3. The Morgan fingerprint density at radius 3 is 1.16 bits per heavy atom. The first kappa shape index (κ1) is 40.9. The summed E-state index contributed by atoms with van der Waals surface area (Å²) in [5, 5.41) is 10.1. The van der Waals surface area contributed by atoms with Gasteiger partial charge in [-0.15, -0.1) is 0 Å². The summed E-state index contributed by atoms with van der Waals surface area (Å²) in [6.07, 6.45) is 6.08. The van der Waals surface area contributed by atoms with Gasteiger partial charge in [0.05, 0.1) is 0 Å². The molecule has 2 heteroatoms. The third-order valence-corrected chi connectivity index (χ3v) is 13.4. The molecular formula is C62H56N2. The fraction of sp³-hybridized carbons (Fsp3) is 0.161. The third-order valence-electron chi connectivity index (χ3n) is 13.4. The number of rotatable bonds is 13. The number of fused-ring (bicyclic) bond motifs is 5. The Hall–Kier alpha value is -7.16. The van der Waals surface area contributed by atoms with Gasteiger partial charge < -0.3 is 9.80 Å². The summed E-state index contributed by atoms with van der Waals surface area (Å²) >= 11 is 0. The van der Waals surface area contributed by atoms with E-state index >= 15 is 0 Å². The molecule has 0 unspecified atom stereocenters. The SMILES string of the molecule is CCc1ccc(N(c2ccc(CCc3ccc4c(ccc5cc(N(c6ccc(CC)c(CC)c6)c6ccc7ccccc7c6)ccc54)c3)cc2)c2ccc3ccccc3c2)cc1CC. The Labute approximate surface area is 379 Å². The van der Waals surface area contributed by atoms with E-state index in [1.54, 1.807) is 0 Å². The minimum atomic E-state index is 0.980. The van der Waals surface area contributed by atoms with Gasteiger partial charge >= 0.3 is 0 Å². The Morgan fingerprint density at radius 1 is 0.266 bits per heavy atom. The van der Waals surface area contributed by atoms with Crippen molar-refractivity contribution in [2.45, 2.75) is 66.2 Å². The van der Waals surface area contributed by atoms with Gasteiger partial charge in [0.1, 0.15) is 0 Å². The van der Waals surface area contributed by atoms with Crippen LogP contribution in [0, 0.1) is 0 Å². The van der Waals surface area contributed by atoms with Crippen molar-refractivity contribution >= 4 is 77.2 Å². The maximum absolute atomic E-state index is 2.43. The van der Waals surface area contributed by atoms with Crippen LogP contribution in [0.5, 0.6) is 0 Å². The zero-order chi connectivity index (χ0) is 43.6. The van der Waals surface area contributed by atoms with E-state index in [9.17, 15) is 0 Å². The minimum absolute atomic E-state index is 0.980. The van der Waals surface area contributed by atoms with Crippen molar-refractivity contribution in [2.75, 3.05) is 9.80 Å². The molecule has 314 valence electrons. The molecule has 0 atom stereocenters. The molecule has 0 aliphatic heterocycles. The molecular weight excluding hydrogens is 773 g/mol. The van der Waals surface area contributed by atoms with E-state index in [0.29, 0.717) is 0 Å². The number of anilines is 6. The number of hydrogen-bond acceptors (Lipinski definition) is 2. The van der Waals surface area contributed by atoms with Gasteiger partial charge in [-0.05, 0) is 188 Å². The zero-order valence-corrected chi connectivity index (χ0v) is 37.6. The van der Waals surface area contributed by atoms with E-state index in [2.05, 4.69) is 232 Å². The molecule has 10 aromatic carbocycles. The smallest absolute Gasteiger partial charge is 0.0468 e. The van der Waals surface area contributed by atoms with Crippen molar-refractivity contribution in [2.24, 2.45) is 0 Å². The predicted molar refractivity (Wildman–Crippen MR) is 277 cm³/mol. The monoisotopic (exact) mass is 828 g/mol. The van der Waals surface area contributed by atoms with Crippen LogP contribution >= 0.6 is 0 Å². The maximum Gasteiger partial charge on any atom is 0.0468 e. The van der Waals surface area contributed by atoms with Crippen molar-refractivity contribution in [3.63, 3.8) is 0 Å². The molecule has 2 nitrogen and oxygen atoms in total. The molecule has 0 amide bonds. The average molecular weight is 829 g/mol. The Bertz CT molecular complexity index is 3290. The van der Waals surface area contributed by atoms with Crippen molar-refractivity contribution in [1.29, 1.82) is 0 Å². The van der Waals surface area contributed by atoms with Crippen LogP contribution in [0.25, 0.3) is 43.1 Å². The lowest BCUT2D eigenvalue weighted by atomic mass is 9.97. The zero-order valence-electron chi connectivity index (χ0n) is 37.6. The summed E-state index contributed by atoms with van der Waals surface area (Å²) in [4.78, 5) is 4.84. The third kappa shape index (κ3) is 8.01. The molecule has 64 heavy (non-hydrogen) atoms. The number of benzene rings is 10.